The highest BCUT2D eigenvalue weighted by atomic mass is 35.5. The summed E-state index contributed by atoms with van der Waals surface area (Å²) in [5.41, 5.74) is -0.515. The van der Waals surface area contributed by atoms with Crippen LogP contribution in [0.3, 0.4) is 0 Å². The summed E-state index contributed by atoms with van der Waals surface area (Å²) in [5, 5.41) is -0.442. The van der Waals surface area contributed by atoms with Gasteiger partial charge in [-0.25, -0.2) is 0 Å². The van der Waals surface area contributed by atoms with Crippen LogP contribution in [-0.4, -0.2) is 29.1 Å². The van der Waals surface area contributed by atoms with Gasteiger partial charge in [-0.15, -0.1) is 0 Å². The minimum Gasteiger partial charge on any atom is -0.354 e. The average molecular weight is 164 g/mol. The van der Waals surface area contributed by atoms with Crippen molar-refractivity contribution in [1.82, 2.24) is 4.90 Å². The fourth-order valence-corrected chi connectivity index (χ4v) is 1.32. The van der Waals surface area contributed by atoms with E-state index in [4.69, 9.17) is 16.3 Å². The van der Waals surface area contributed by atoms with E-state index in [0.717, 1.165) is 0 Å². The second-order valence-corrected chi connectivity index (χ2v) is 3.02. The lowest BCUT2D eigenvalue weighted by atomic mass is 10.3. The Morgan fingerprint density at radius 3 is 2.50 bits per heavy atom. The summed E-state index contributed by atoms with van der Waals surface area (Å²) in [6.07, 6.45) is 0. The zero-order valence-electron chi connectivity index (χ0n) is 6.06. The Balaban J connectivity index is 2.68. The van der Waals surface area contributed by atoms with Gasteiger partial charge in [0.15, 0.2) is 0 Å². The number of hydrogen-bond donors (Lipinski definition) is 0. The van der Waals surface area contributed by atoms with Gasteiger partial charge < -0.3 is 4.74 Å². The van der Waals surface area contributed by atoms with Crippen molar-refractivity contribution in [2.75, 3.05) is 13.2 Å². The number of rotatable bonds is 0. The third kappa shape index (κ3) is 1.25. The van der Waals surface area contributed by atoms with Gasteiger partial charge in [0.1, 0.15) is 5.72 Å². The van der Waals surface area contributed by atoms with E-state index in [1.54, 1.807) is 0 Å². The summed E-state index contributed by atoms with van der Waals surface area (Å²) in [7, 11) is 0. The molecule has 10 heavy (non-hydrogen) atoms. The van der Waals surface area contributed by atoms with Crippen LogP contribution in [-0.2, 0) is 4.74 Å². The zero-order chi connectivity index (χ0) is 7.78. The molecule has 0 unspecified atom stereocenters. The van der Waals surface area contributed by atoms with Crippen molar-refractivity contribution in [2.45, 2.75) is 19.6 Å². The van der Waals surface area contributed by atoms with Crippen molar-refractivity contribution in [3.05, 3.63) is 0 Å². The maximum absolute atomic E-state index is 10.7. The molecule has 0 aromatic carbocycles. The minimum atomic E-state index is -0.515. The van der Waals surface area contributed by atoms with Crippen molar-refractivity contribution in [2.24, 2.45) is 0 Å². The average Bonchev–Trinajstić information content (AvgIpc) is 2.08. The van der Waals surface area contributed by atoms with E-state index >= 15 is 0 Å². The number of hydrogen-bond acceptors (Lipinski definition) is 2. The van der Waals surface area contributed by atoms with Gasteiger partial charge in [0.05, 0.1) is 6.61 Å². The molecule has 1 aliphatic heterocycles. The van der Waals surface area contributed by atoms with Crippen LogP contribution in [0, 0.1) is 0 Å². The highest BCUT2D eigenvalue weighted by Gasteiger charge is 2.35. The van der Waals surface area contributed by atoms with Gasteiger partial charge in [-0.05, 0) is 25.4 Å². The smallest absolute Gasteiger partial charge is 0.318 e. The van der Waals surface area contributed by atoms with Crippen molar-refractivity contribution in [3.8, 4) is 0 Å². The van der Waals surface area contributed by atoms with E-state index in [0.29, 0.717) is 13.2 Å². The van der Waals surface area contributed by atoms with Gasteiger partial charge in [-0.3, -0.25) is 9.69 Å². The van der Waals surface area contributed by atoms with Gasteiger partial charge in [-0.1, -0.05) is 0 Å². The number of halogens is 1. The predicted octanol–water partition coefficient (Wildman–Crippen LogP) is 1.41. The van der Waals surface area contributed by atoms with Crippen LogP contribution in [0.1, 0.15) is 13.8 Å². The molecule has 1 saturated heterocycles. The molecule has 4 heteroatoms. The molecule has 0 radical (unpaired) electrons. The van der Waals surface area contributed by atoms with Gasteiger partial charge in [0.2, 0.25) is 0 Å². The predicted molar refractivity (Wildman–Crippen MR) is 38.0 cm³/mol. The Kier molecular flexibility index (Phi) is 1.88. The molecule has 3 nitrogen and oxygen atoms in total. The van der Waals surface area contributed by atoms with Crippen LogP contribution >= 0.6 is 11.6 Å². The molecule has 1 amide bonds. The molecule has 0 bridgehead atoms. The summed E-state index contributed by atoms with van der Waals surface area (Å²) in [6, 6.07) is 0. The third-order valence-electron chi connectivity index (χ3n) is 1.63. The van der Waals surface area contributed by atoms with E-state index in [1.165, 1.54) is 4.90 Å². The SMILES string of the molecule is CC1(C)OCCN1C(=O)Cl. The highest BCUT2D eigenvalue weighted by molar-refractivity contribution is 6.62. The summed E-state index contributed by atoms with van der Waals surface area (Å²) >= 11 is 5.28. The lowest BCUT2D eigenvalue weighted by Crippen LogP contribution is -2.40. The van der Waals surface area contributed by atoms with Crippen molar-refractivity contribution >= 4 is 17.0 Å². The van der Waals surface area contributed by atoms with E-state index in [2.05, 4.69) is 0 Å². The summed E-state index contributed by atoms with van der Waals surface area (Å²) in [5.74, 6) is 0. The first-order valence-corrected chi connectivity index (χ1v) is 3.53. The Morgan fingerprint density at radius 1 is 1.70 bits per heavy atom. The van der Waals surface area contributed by atoms with Crippen LogP contribution in [0.25, 0.3) is 0 Å². The number of carbonyl (C=O) groups excluding carboxylic acids is 1. The van der Waals surface area contributed by atoms with Crippen LogP contribution in [0.5, 0.6) is 0 Å². The van der Waals surface area contributed by atoms with Gasteiger partial charge >= 0.3 is 5.37 Å². The lowest BCUT2D eigenvalue weighted by molar-refractivity contribution is -0.0265. The van der Waals surface area contributed by atoms with Crippen molar-refractivity contribution < 1.29 is 9.53 Å². The molecule has 0 aromatic heterocycles. The molecule has 0 N–H and O–H groups in total. The van der Waals surface area contributed by atoms with E-state index in [-0.39, 0.29) is 0 Å². The molecule has 1 heterocycles. The van der Waals surface area contributed by atoms with E-state index < -0.39 is 11.1 Å². The molecular formula is C6H10ClNO2. The molecule has 58 valence electrons. The van der Waals surface area contributed by atoms with Crippen LogP contribution in [0.15, 0.2) is 0 Å². The standard InChI is InChI=1S/C6H10ClNO2/c1-6(2)8(5(7)9)3-4-10-6/h3-4H2,1-2H3. The number of ether oxygens (including phenoxy) is 1. The highest BCUT2D eigenvalue weighted by Crippen LogP contribution is 2.23. The molecule has 0 atom stereocenters. The van der Waals surface area contributed by atoms with Crippen molar-refractivity contribution in [3.63, 3.8) is 0 Å². The second kappa shape index (κ2) is 2.40. The fourth-order valence-electron chi connectivity index (χ4n) is 1.03. The quantitative estimate of drug-likeness (QED) is 0.399. The zero-order valence-corrected chi connectivity index (χ0v) is 6.81. The Bertz CT molecular complexity index is 158. The van der Waals surface area contributed by atoms with Crippen LogP contribution in [0.2, 0.25) is 0 Å². The van der Waals surface area contributed by atoms with Crippen LogP contribution < -0.4 is 0 Å². The lowest BCUT2D eigenvalue weighted by Gasteiger charge is -2.27. The monoisotopic (exact) mass is 163 g/mol. The molecule has 1 aliphatic rings. The molecule has 0 spiro atoms. The number of amides is 1. The summed E-state index contributed by atoms with van der Waals surface area (Å²) < 4.78 is 5.23. The first-order chi connectivity index (χ1) is 4.54. The molecule has 0 aliphatic carbocycles. The molecular weight excluding hydrogens is 154 g/mol. The van der Waals surface area contributed by atoms with Gasteiger partial charge in [0.25, 0.3) is 0 Å². The Morgan fingerprint density at radius 2 is 2.30 bits per heavy atom. The van der Waals surface area contributed by atoms with Gasteiger partial charge in [-0.2, -0.15) is 0 Å². The van der Waals surface area contributed by atoms with Crippen molar-refractivity contribution in [1.29, 1.82) is 0 Å². The molecule has 0 saturated carbocycles. The molecule has 0 aromatic rings. The fraction of sp³-hybridized carbons (Fsp3) is 0.833. The molecule has 1 rings (SSSR count). The third-order valence-corrected chi connectivity index (χ3v) is 1.84. The molecule has 1 fully saturated rings. The summed E-state index contributed by atoms with van der Waals surface area (Å²) in [6.45, 7) is 4.81. The Hall–Kier alpha value is -0.280. The van der Waals surface area contributed by atoms with E-state index in [9.17, 15) is 4.79 Å². The Labute approximate surface area is 64.9 Å². The van der Waals surface area contributed by atoms with E-state index in [1.807, 2.05) is 13.8 Å². The van der Waals surface area contributed by atoms with Gasteiger partial charge in [0, 0.05) is 6.54 Å². The first kappa shape index (κ1) is 7.82. The largest absolute Gasteiger partial charge is 0.354 e. The number of carbonyl (C=O) groups is 1. The summed E-state index contributed by atoms with van der Waals surface area (Å²) in [4.78, 5) is 12.2. The maximum atomic E-state index is 10.7. The van der Waals surface area contributed by atoms with Crippen LogP contribution in [0.4, 0.5) is 4.79 Å². The topological polar surface area (TPSA) is 29.5 Å². The normalized spacial score (nSPS) is 23.3. The maximum Gasteiger partial charge on any atom is 0.318 e. The first-order valence-electron chi connectivity index (χ1n) is 3.15. The second-order valence-electron chi connectivity index (χ2n) is 2.70. The minimum absolute atomic E-state index is 0.442. The number of nitrogens with zero attached hydrogens (tertiary/aromatic N) is 1.